The molecule has 0 aromatic carbocycles. The van der Waals surface area contributed by atoms with E-state index in [1.54, 1.807) is 0 Å². The van der Waals surface area contributed by atoms with E-state index in [0.717, 1.165) is 30.4 Å². The zero-order valence-corrected chi connectivity index (χ0v) is 11.4. The summed E-state index contributed by atoms with van der Waals surface area (Å²) in [6, 6.07) is 1.45. The minimum atomic E-state index is 0.688. The summed E-state index contributed by atoms with van der Waals surface area (Å²) >= 11 is 2.04. The zero-order chi connectivity index (χ0) is 11.4. The van der Waals surface area contributed by atoms with E-state index in [1.165, 1.54) is 32.1 Å². The first-order chi connectivity index (χ1) is 7.83. The van der Waals surface area contributed by atoms with Crippen molar-refractivity contribution in [3.63, 3.8) is 0 Å². The van der Waals surface area contributed by atoms with Gasteiger partial charge in [0.05, 0.1) is 6.61 Å². The van der Waals surface area contributed by atoms with Gasteiger partial charge >= 0.3 is 0 Å². The number of rotatable bonds is 5. The Morgan fingerprint density at radius 2 is 2.25 bits per heavy atom. The van der Waals surface area contributed by atoms with Crippen LogP contribution >= 0.6 is 11.8 Å². The molecule has 1 N–H and O–H groups in total. The molecule has 3 heteroatoms. The molecule has 1 heterocycles. The molecule has 2 rings (SSSR count). The number of hydrogen-bond acceptors (Lipinski definition) is 3. The molecule has 94 valence electrons. The molecule has 2 fully saturated rings. The Hall–Kier alpha value is 0.270. The molecule has 1 aliphatic heterocycles. The van der Waals surface area contributed by atoms with Crippen LogP contribution in [-0.4, -0.2) is 36.8 Å². The van der Waals surface area contributed by atoms with Crippen LogP contribution in [0.4, 0.5) is 0 Å². The van der Waals surface area contributed by atoms with Gasteiger partial charge in [0.1, 0.15) is 0 Å². The van der Waals surface area contributed by atoms with Gasteiger partial charge in [-0.25, -0.2) is 0 Å². The van der Waals surface area contributed by atoms with Gasteiger partial charge in [0.2, 0.25) is 0 Å². The lowest BCUT2D eigenvalue weighted by Crippen LogP contribution is -2.41. The predicted molar refractivity (Wildman–Crippen MR) is 71.1 cm³/mol. The smallest absolute Gasteiger partial charge is 0.0510 e. The third kappa shape index (κ3) is 3.14. The highest BCUT2D eigenvalue weighted by Gasteiger charge is 2.29. The van der Waals surface area contributed by atoms with E-state index in [-0.39, 0.29) is 0 Å². The third-order valence-electron chi connectivity index (χ3n) is 4.14. The molecule has 2 nitrogen and oxygen atoms in total. The van der Waals surface area contributed by atoms with E-state index in [0.29, 0.717) is 6.04 Å². The Balaban J connectivity index is 1.78. The Bertz CT molecular complexity index is 206. The van der Waals surface area contributed by atoms with Crippen LogP contribution in [0.5, 0.6) is 0 Å². The van der Waals surface area contributed by atoms with Crippen LogP contribution in [0, 0.1) is 5.92 Å². The fourth-order valence-electron chi connectivity index (χ4n) is 3.07. The Morgan fingerprint density at radius 1 is 1.38 bits per heavy atom. The molecule has 0 bridgehead atoms. The SMILES string of the molecule is CCC(NC1CCC(SC)C1)C1CCOC1. The maximum absolute atomic E-state index is 5.50. The minimum absolute atomic E-state index is 0.688. The second-order valence-electron chi connectivity index (χ2n) is 5.17. The second-order valence-corrected chi connectivity index (χ2v) is 6.31. The van der Waals surface area contributed by atoms with Crippen LogP contribution in [0.25, 0.3) is 0 Å². The van der Waals surface area contributed by atoms with Crippen molar-refractivity contribution < 1.29 is 4.74 Å². The molecular weight excluding hydrogens is 218 g/mol. The molecule has 4 unspecified atom stereocenters. The van der Waals surface area contributed by atoms with E-state index in [1.807, 2.05) is 11.8 Å². The van der Waals surface area contributed by atoms with Crippen molar-refractivity contribution in [2.45, 2.75) is 56.4 Å². The molecular formula is C13H25NOS. The lowest BCUT2D eigenvalue weighted by Gasteiger charge is -2.26. The second kappa shape index (κ2) is 6.27. The number of ether oxygens (including phenoxy) is 1. The summed E-state index contributed by atoms with van der Waals surface area (Å²) in [6.07, 6.45) is 8.88. The molecule has 4 atom stereocenters. The summed E-state index contributed by atoms with van der Waals surface area (Å²) < 4.78 is 5.50. The van der Waals surface area contributed by atoms with Gasteiger partial charge in [-0.2, -0.15) is 11.8 Å². The highest BCUT2D eigenvalue weighted by atomic mass is 32.2. The van der Waals surface area contributed by atoms with Gasteiger partial charge in [0.15, 0.2) is 0 Å². The Labute approximate surface area is 104 Å². The quantitative estimate of drug-likeness (QED) is 0.802. The van der Waals surface area contributed by atoms with Gasteiger partial charge in [0.25, 0.3) is 0 Å². The van der Waals surface area contributed by atoms with Crippen LogP contribution in [0.2, 0.25) is 0 Å². The average Bonchev–Trinajstić information content (AvgIpc) is 2.96. The van der Waals surface area contributed by atoms with Gasteiger partial charge in [-0.3, -0.25) is 0 Å². The van der Waals surface area contributed by atoms with Crippen molar-refractivity contribution in [1.29, 1.82) is 0 Å². The molecule has 0 radical (unpaired) electrons. The zero-order valence-electron chi connectivity index (χ0n) is 10.6. The van der Waals surface area contributed by atoms with E-state index in [4.69, 9.17) is 4.74 Å². The summed E-state index contributed by atoms with van der Waals surface area (Å²) in [6.45, 7) is 4.25. The fraction of sp³-hybridized carbons (Fsp3) is 1.00. The van der Waals surface area contributed by atoms with Gasteiger partial charge in [-0.05, 0) is 44.3 Å². The first-order valence-corrected chi connectivity index (χ1v) is 7.98. The number of hydrogen-bond donors (Lipinski definition) is 1. The molecule has 16 heavy (non-hydrogen) atoms. The average molecular weight is 243 g/mol. The van der Waals surface area contributed by atoms with Crippen LogP contribution in [-0.2, 0) is 4.74 Å². The molecule has 1 aliphatic carbocycles. The largest absolute Gasteiger partial charge is 0.381 e. The lowest BCUT2D eigenvalue weighted by atomic mass is 9.96. The molecule has 0 aromatic rings. The van der Waals surface area contributed by atoms with Crippen molar-refractivity contribution in [2.75, 3.05) is 19.5 Å². The van der Waals surface area contributed by atoms with Crippen LogP contribution in [0.3, 0.4) is 0 Å². The van der Waals surface area contributed by atoms with E-state index in [9.17, 15) is 0 Å². The van der Waals surface area contributed by atoms with E-state index < -0.39 is 0 Å². The molecule has 0 spiro atoms. The monoisotopic (exact) mass is 243 g/mol. The molecule has 2 aliphatic rings. The maximum Gasteiger partial charge on any atom is 0.0510 e. The summed E-state index contributed by atoms with van der Waals surface area (Å²) in [5.74, 6) is 0.762. The van der Waals surface area contributed by atoms with Gasteiger partial charge < -0.3 is 10.1 Å². The van der Waals surface area contributed by atoms with Crippen LogP contribution < -0.4 is 5.32 Å². The number of thioether (sulfide) groups is 1. The van der Waals surface area contributed by atoms with Gasteiger partial charge in [-0.1, -0.05) is 6.92 Å². The van der Waals surface area contributed by atoms with Crippen molar-refractivity contribution in [3.05, 3.63) is 0 Å². The molecule has 0 amide bonds. The highest BCUT2D eigenvalue weighted by molar-refractivity contribution is 7.99. The highest BCUT2D eigenvalue weighted by Crippen LogP contribution is 2.29. The first kappa shape index (κ1) is 12.7. The predicted octanol–water partition coefficient (Wildman–Crippen LogP) is 2.68. The molecule has 1 saturated heterocycles. The fourth-order valence-corrected chi connectivity index (χ4v) is 3.86. The van der Waals surface area contributed by atoms with Crippen molar-refractivity contribution in [2.24, 2.45) is 5.92 Å². The molecule has 1 saturated carbocycles. The van der Waals surface area contributed by atoms with E-state index in [2.05, 4.69) is 18.5 Å². The maximum atomic E-state index is 5.50. The first-order valence-electron chi connectivity index (χ1n) is 6.70. The Morgan fingerprint density at radius 3 is 2.81 bits per heavy atom. The van der Waals surface area contributed by atoms with Gasteiger partial charge in [0, 0.05) is 23.9 Å². The standard InChI is InChI=1S/C13H25NOS/c1-3-13(10-6-7-15-9-10)14-11-4-5-12(8-11)16-2/h10-14H,3-9H2,1-2H3. The van der Waals surface area contributed by atoms with Crippen molar-refractivity contribution in [3.8, 4) is 0 Å². The topological polar surface area (TPSA) is 21.3 Å². The van der Waals surface area contributed by atoms with E-state index >= 15 is 0 Å². The summed E-state index contributed by atoms with van der Waals surface area (Å²) in [7, 11) is 0. The van der Waals surface area contributed by atoms with Crippen molar-refractivity contribution in [1.82, 2.24) is 5.32 Å². The normalized spacial score (nSPS) is 36.8. The van der Waals surface area contributed by atoms with Crippen LogP contribution in [0.1, 0.15) is 39.0 Å². The summed E-state index contributed by atoms with van der Waals surface area (Å²) in [5, 5.41) is 4.78. The number of nitrogens with one attached hydrogen (secondary N) is 1. The minimum Gasteiger partial charge on any atom is -0.381 e. The van der Waals surface area contributed by atoms with Crippen molar-refractivity contribution >= 4 is 11.8 Å². The third-order valence-corrected chi connectivity index (χ3v) is 5.24. The van der Waals surface area contributed by atoms with Crippen LogP contribution in [0.15, 0.2) is 0 Å². The Kier molecular flexibility index (Phi) is 4.98. The summed E-state index contributed by atoms with van der Waals surface area (Å²) in [4.78, 5) is 0. The molecule has 0 aromatic heterocycles. The summed E-state index contributed by atoms with van der Waals surface area (Å²) in [5.41, 5.74) is 0. The lowest BCUT2D eigenvalue weighted by molar-refractivity contribution is 0.173. The van der Waals surface area contributed by atoms with Gasteiger partial charge in [-0.15, -0.1) is 0 Å².